The molecule has 152 valence electrons. The van der Waals surface area contributed by atoms with E-state index in [9.17, 15) is 14.0 Å². The molecule has 1 aliphatic rings. The topological polar surface area (TPSA) is 63.4 Å². The fraction of sp³-hybridized carbons (Fsp3) is 0.167. The van der Waals surface area contributed by atoms with Gasteiger partial charge in [0.1, 0.15) is 11.9 Å². The van der Waals surface area contributed by atoms with Crippen LogP contribution in [0.5, 0.6) is 0 Å². The Morgan fingerprint density at radius 2 is 1.67 bits per heavy atom. The molecular weight excluding hydrogens is 403 g/mol. The van der Waals surface area contributed by atoms with Crippen LogP contribution in [0, 0.1) is 5.82 Å². The molecule has 0 bridgehead atoms. The van der Waals surface area contributed by atoms with E-state index in [0.717, 1.165) is 5.56 Å². The second-order valence-corrected chi connectivity index (χ2v) is 7.71. The van der Waals surface area contributed by atoms with Crippen molar-refractivity contribution in [1.82, 2.24) is 4.90 Å². The molecule has 6 heteroatoms. The lowest BCUT2D eigenvalue weighted by Crippen LogP contribution is -2.43. The first-order chi connectivity index (χ1) is 14.5. The molecule has 0 fully saturated rings. The van der Waals surface area contributed by atoms with Crippen LogP contribution < -0.4 is 5.73 Å². The summed E-state index contributed by atoms with van der Waals surface area (Å²) < 4.78 is 14.2. The van der Waals surface area contributed by atoms with Crippen molar-refractivity contribution in [2.45, 2.75) is 24.9 Å². The van der Waals surface area contributed by atoms with Crippen LogP contribution in [0.25, 0.3) is 0 Å². The molecule has 2 amide bonds. The van der Waals surface area contributed by atoms with Crippen molar-refractivity contribution in [3.05, 3.63) is 106 Å². The van der Waals surface area contributed by atoms with Crippen LogP contribution >= 0.6 is 11.6 Å². The maximum atomic E-state index is 14.2. The summed E-state index contributed by atoms with van der Waals surface area (Å²) in [4.78, 5) is 27.7. The van der Waals surface area contributed by atoms with Crippen molar-refractivity contribution in [2.75, 3.05) is 0 Å². The highest BCUT2D eigenvalue weighted by Crippen LogP contribution is 2.43. The van der Waals surface area contributed by atoms with Crippen molar-refractivity contribution in [3.63, 3.8) is 0 Å². The molecule has 0 radical (unpaired) electrons. The number of carbonyl (C=O) groups is 2. The quantitative estimate of drug-likeness (QED) is 0.639. The van der Waals surface area contributed by atoms with Crippen molar-refractivity contribution in [2.24, 2.45) is 5.73 Å². The molecule has 4 nitrogen and oxygen atoms in total. The lowest BCUT2D eigenvalue weighted by molar-refractivity contribution is -0.123. The van der Waals surface area contributed by atoms with Crippen LogP contribution in [0.1, 0.15) is 45.6 Å². The zero-order valence-electron chi connectivity index (χ0n) is 16.1. The summed E-state index contributed by atoms with van der Waals surface area (Å²) in [5.74, 6) is -1.48. The number of hydrogen-bond donors (Lipinski definition) is 1. The standard InChI is InChI=1S/C24H20ClFN2O2/c25-20-14-17(26)13-19-18(20)11-12-21(19)28(24(30)16-9-5-2-6-10-16)22(23(27)29)15-7-3-1-4-8-15/h1-10,13-14,21-22H,11-12H2,(H2,27,29)/t21-,22+/m1/s1. The Morgan fingerprint density at radius 3 is 2.30 bits per heavy atom. The second kappa shape index (κ2) is 8.28. The highest BCUT2D eigenvalue weighted by molar-refractivity contribution is 6.31. The van der Waals surface area contributed by atoms with Crippen LogP contribution in [0.3, 0.4) is 0 Å². The van der Waals surface area contributed by atoms with Crippen molar-refractivity contribution in [1.29, 1.82) is 0 Å². The van der Waals surface area contributed by atoms with Crippen LogP contribution in [-0.4, -0.2) is 16.7 Å². The Labute approximate surface area is 179 Å². The Morgan fingerprint density at radius 1 is 1.03 bits per heavy atom. The van der Waals surface area contributed by atoms with E-state index >= 15 is 0 Å². The molecule has 0 aliphatic heterocycles. The Bertz CT molecular complexity index is 1090. The minimum absolute atomic E-state index is 0.329. The molecule has 0 saturated carbocycles. The van der Waals surface area contributed by atoms with Gasteiger partial charge in [0.05, 0.1) is 6.04 Å². The van der Waals surface area contributed by atoms with Crippen LogP contribution in [0.2, 0.25) is 5.02 Å². The van der Waals surface area contributed by atoms with Gasteiger partial charge in [0, 0.05) is 10.6 Å². The van der Waals surface area contributed by atoms with E-state index in [-0.39, 0.29) is 5.91 Å². The summed E-state index contributed by atoms with van der Waals surface area (Å²) in [6.07, 6.45) is 1.10. The minimum Gasteiger partial charge on any atom is -0.368 e. The monoisotopic (exact) mass is 422 g/mol. The first kappa shape index (κ1) is 20.1. The van der Waals surface area contributed by atoms with Crippen LogP contribution in [0.15, 0.2) is 72.8 Å². The number of fused-ring (bicyclic) bond motifs is 1. The zero-order valence-corrected chi connectivity index (χ0v) is 16.9. The molecule has 0 saturated heterocycles. The van der Waals surface area contributed by atoms with Gasteiger partial charge < -0.3 is 10.6 Å². The number of rotatable bonds is 5. The van der Waals surface area contributed by atoms with Crippen molar-refractivity contribution in [3.8, 4) is 0 Å². The molecule has 0 aromatic heterocycles. The lowest BCUT2D eigenvalue weighted by atomic mass is 9.98. The predicted molar refractivity (Wildman–Crippen MR) is 113 cm³/mol. The van der Waals surface area contributed by atoms with E-state index in [2.05, 4.69) is 0 Å². The average molecular weight is 423 g/mol. The molecule has 0 unspecified atom stereocenters. The number of benzene rings is 3. The fourth-order valence-electron chi connectivity index (χ4n) is 4.18. The molecule has 1 aliphatic carbocycles. The highest BCUT2D eigenvalue weighted by Gasteiger charge is 2.40. The third-order valence-electron chi connectivity index (χ3n) is 5.48. The molecule has 3 aromatic rings. The van der Waals surface area contributed by atoms with Crippen LogP contribution in [0.4, 0.5) is 4.39 Å². The fourth-order valence-corrected chi connectivity index (χ4v) is 4.48. The van der Waals surface area contributed by atoms with Gasteiger partial charge in [-0.2, -0.15) is 0 Å². The molecule has 2 N–H and O–H groups in total. The van der Waals surface area contributed by atoms with E-state index in [1.54, 1.807) is 48.5 Å². The number of nitrogens with zero attached hydrogens (tertiary/aromatic N) is 1. The van der Waals surface area contributed by atoms with Gasteiger partial charge in [-0.05, 0) is 53.8 Å². The van der Waals surface area contributed by atoms with Gasteiger partial charge in [-0.1, -0.05) is 60.1 Å². The van der Waals surface area contributed by atoms with Crippen molar-refractivity contribution < 1.29 is 14.0 Å². The maximum Gasteiger partial charge on any atom is 0.255 e. The van der Waals surface area contributed by atoms with E-state index in [1.807, 2.05) is 12.1 Å². The normalized spacial score (nSPS) is 16.0. The van der Waals surface area contributed by atoms with Gasteiger partial charge in [0.15, 0.2) is 0 Å². The first-order valence-corrected chi connectivity index (χ1v) is 10.0. The number of halogens is 2. The number of carbonyl (C=O) groups excluding carboxylic acids is 2. The SMILES string of the molecule is NC(=O)[C@H](c1ccccc1)N(C(=O)c1ccccc1)[C@@H]1CCc2c(Cl)cc(F)cc21. The summed E-state index contributed by atoms with van der Waals surface area (Å²) in [5.41, 5.74) is 8.24. The molecule has 30 heavy (non-hydrogen) atoms. The van der Waals surface area contributed by atoms with E-state index < -0.39 is 23.8 Å². The Balaban J connectivity index is 1.88. The smallest absolute Gasteiger partial charge is 0.255 e. The summed E-state index contributed by atoms with van der Waals surface area (Å²) >= 11 is 6.27. The molecule has 0 spiro atoms. The molecule has 2 atom stereocenters. The van der Waals surface area contributed by atoms with Crippen LogP contribution in [-0.2, 0) is 11.2 Å². The molecule has 4 rings (SSSR count). The first-order valence-electron chi connectivity index (χ1n) is 9.67. The van der Waals surface area contributed by atoms with Gasteiger partial charge >= 0.3 is 0 Å². The number of primary amides is 1. The van der Waals surface area contributed by atoms with Gasteiger partial charge in [-0.25, -0.2) is 4.39 Å². The third kappa shape index (κ3) is 3.68. The Hall–Kier alpha value is -3.18. The van der Waals surface area contributed by atoms with Gasteiger partial charge in [-0.15, -0.1) is 0 Å². The maximum absolute atomic E-state index is 14.2. The number of amides is 2. The van der Waals surface area contributed by atoms with Crippen molar-refractivity contribution >= 4 is 23.4 Å². The van der Waals surface area contributed by atoms with E-state index in [1.165, 1.54) is 17.0 Å². The number of nitrogens with two attached hydrogens (primary N) is 1. The summed E-state index contributed by atoms with van der Waals surface area (Å²) in [5, 5.41) is 0.329. The average Bonchev–Trinajstić information content (AvgIpc) is 3.16. The summed E-state index contributed by atoms with van der Waals surface area (Å²) in [7, 11) is 0. The number of hydrogen-bond acceptors (Lipinski definition) is 2. The second-order valence-electron chi connectivity index (χ2n) is 7.30. The predicted octanol–water partition coefficient (Wildman–Crippen LogP) is 4.84. The third-order valence-corrected chi connectivity index (χ3v) is 5.81. The molecule has 0 heterocycles. The molecule has 3 aromatic carbocycles. The zero-order chi connectivity index (χ0) is 21.3. The summed E-state index contributed by atoms with van der Waals surface area (Å²) in [6, 6.07) is 18.8. The lowest BCUT2D eigenvalue weighted by Gasteiger charge is -2.36. The largest absolute Gasteiger partial charge is 0.368 e. The van der Waals surface area contributed by atoms with Gasteiger partial charge in [-0.3, -0.25) is 9.59 Å². The van der Waals surface area contributed by atoms with Gasteiger partial charge in [0.25, 0.3) is 5.91 Å². The minimum atomic E-state index is -1.00. The Kier molecular flexibility index (Phi) is 5.55. The van der Waals surface area contributed by atoms with E-state index in [4.69, 9.17) is 17.3 Å². The van der Waals surface area contributed by atoms with E-state index in [0.29, 0.717) is 34.6 Å². The molecular formula is C24H20ClFN2O2. The summed E-state index contributed by atoms with van der Waals surface area (Å²) in [6.45, 7) is 0. The highest BCUT2D eigenvalue weighted by atomic mass is 35.5. The van der Waals surface area contributed by atoms with Gasteiger partial charge in [0.2, 0.25) is 5.91 Å².